The summed E-state index contributed by atoms with van der Waals surface area (Å²) in [5.41, 5.74) is 2.75. The summed E-state index contributed by atoms with van der Waals surface area (Å²) < 4.78 is 21.1. The number of hydrogen-bond acceptors (Lipinski definition) is 3. The fraction of sp³-hybridized carbons (Fsp3) is 0.524. The van der Waals surface area contributed by atoms with Crippen LogP contribution in [0.25, 0.3) is 5.69 Å². The lowest BCUT2D eigenvalue weighted by molar-refractivity contribution is 0.0855. The maximum atomic E-state index is 13.8. The van der Waals surface area contributed by atoms with Crippen molar-refractivity contribution in [2.45, 2.75) is 58.5 Å². The Morgan fingerprint density at radius 1 is 1.33 bits per heavy atom. The van der Waals surface area contributed by atoms with E-state index < -0.39 is 0 Å². The van der Waals surface area contributed by atoms with Crippen LogP contribution in [0.15, 0.2) is 24.3 Å². The fourth-order valence-electron chi connectivity index (χ4n) is 3.52. The maximum Gasteiger partial charge on any atom is 0.255 e. The summed E-state index contributed by atoms with van der Waals surface area (Å²) in [5, 5.41) is 7.72. The topological polar surface area (TPSA) is 56.2 Å². The molecule has 0 saturated carbocycles. The molecule has 1 saturated heterocycles. The first-order chi connectivity index (χ1) is 12.9. The molecule has 1 aromatic carbocycles. The minimum absolute atomic E-state index is 0.0525. The van der Waals surface area contributed by atoms with Gasteiger partial charge in [0.1, 0.15) is 5.82 Å². The molecule has 1 atom stereocenters. The van der Waals surface area contributed by atoms with E-state index in [4.69, 9.17) is 9.84 Å². The molecule has 1 N–H and O–H groups in total. The minimum atomic E-state index is -0.326. The molecule has 2 heterocycles. The first kappa shape index (κ1) is 19.5. The summed E-state index contributed by atoms with van der Waals surface area (Å²) in [5.74, 6) is -0.341. The number of benzene rings is 1. The summed E-state index contributed by atoms with van der Waals surface area (Å²) in [6.07, 6.45) is 2.08. The van der Waals surface area contributed by atoms with E-state index in [0.29, 0.717) is 17.8 Å². The van der Waals surface area contributed by atoms with Gasteiger partial charge in [-0.25, -0.2) is 9.07 Å². The molecule has 5 nitrogen and oxygen atoms in total. The van der Waals surface area contributed by atoms with Gasteiger partial charge in [-0.05, 0) is 42.9 Å². The zero-order chi connectivity index (χ0) is 19.6. The molecule has 1 fully saturated rings. The molecule has 146 valence electrons. The summed E-state index contributed by atoms with van der Waals surface area (Å²) in [6, 6.07) is 6.31. The van der Waals surface area contributed by atoms with E-state index in [9.17, 15) is 9.18 Å². The number of nitrogens with one attached hydrogen (secondary N) is 1. The number of aromatic nitrogens is 2. The molecule has 0 unspecified atom stereocenters. The van der Waals surface area contributed by atoms with Gasteiger partial charge in [-0.3, -0.25) is 4.79 Å². The number of halogens is 1. The Morgan fingerprint density at radius 3 is 2.70 bits per heavy atom. The average Bonchev–Trinajstić information content (AvgIpc) is 3.27. The van der Waals surface area contributed by atoms with E-state index >= 15 is 0 Å². The van der Waals surface area contributed by atoms with E-state index in [1.807, 2.05) is 27.7 Å². The van der Waals surface area contributed by atoms with Gasteiger partial charge >= 0.3 is 0 Å². The average molecular weight is 373 g/mol. The van der Waals surface area contributed by atoms with Crippen LogP contribution in [0.4, 0.5) is 4.39 Å². The Balaban J connectivity index is 2.01. The van der Waals surface area contributed by atoms with Crippen LogP contribution in [-0.4, -0.2) is 34.9 Å². The molecule has 2 aromatic rings. The lowest BCUT2D eigenvalue weighted by Gasteiger charge is -2.15. The molecule has 0 spiro atoms. The van der Waals surface area contributed by atoms with Gasteiger partial charge in [-0.1, -0.05) is 33.8 Å². The quantitative estimate of drug-likeness (QED) is 0.827. The molecule has 0 radical (unpaired) electrons. The van der Waals surface area contributed by atoms with E-state index in [0.717, 1.165) is 30.8 Å². The second kappa shape index (κ2) is 8.21. The summed E-state index contributed by atoms with van der Waals surface area (Å²) in [4.78, 5) is 13.1. The first-order valence-electron chi connectivity index (χ1n) is 9.67. The molecule has 1 amide bonds. The molecule has 0 aliphatic carbocycles. The van der Waals surface area contributed by atoms with Crippen molar-refractivity contribution < 1.29 is 13.9 Å². The highest BCUT2D eigenvalue weighted by Gasteiger charge is 2.28. The second-order valence-corrected chi connectivity index (χ2v) is 7.69. The normalized spacial score (nSPS) is 17.1. The Kier molecular flexibility index (Phi) is 5.95. The van der Waals surface area contributed by atoms with Gasteiger partial charge in [0.2, 0.25) is 0 Å². The second-order valence-electron chi connectivity index (χ2n) is 7.69. The van der Waals surface area contributed by atoms with Crippen molar-refractivity contribution in [2.75, 3.05) is 13.2 Å². The van der Waals surface area contributed by atoms with E-state index in [2.05, 4.69) is 5.32 Å². The van der Waals surface area contributed by atoms with Crippen molar-refractivity contribution in [3.8, 4) is 5.69 Å². The van der Waals surface area contributed by atoms with Crippen LogP contribution in [0.2, 0.25) is 0 Å². The van der Waals surface area contributed by atoms with Crippen molar-refractivity contribution in [3.05, 3.63) is 47.0 Å². The van der Waals surface area contributed by atoms with E-state index in [-0.39, 0.29) is 29.7 Å². The van der Waals surface area contributed by atoms with Gasteiger partial charge < -0.3 is 10.1 Å². The van der Waals surface area contributed by atoms with Gasteiger partial charge in [0.05, 0.1) is 28.7 Å². The van der Waals surface area contributed by atoms with Crippen LogP contribution in [0.1, 0.15) is 74.1 Å². The Morgan fingerprint density at radius 2 is 2.11 bits per heavy atom. The van der Waals surface area contributed by atoms with Gasteiger partial charge in [0.15, 0.2) is 0 Å². The summed E-state index contributed by atoms with van der Waals surface area (Å²) in [7, 11) is 0. The predicted octanol–water partition coefficient (Wildman–Crippen LogP) is 4.17. The molecule has 6 heteroatoms. The largest absolute Gasteiger partial charge is 0.376 e. The number of carbonyl (C=O) groups excluding carboxylic acids is 1. The van der Waals surface area contributed by atoms with Crippen molar-refractivity contribution in [1.82, 2.24) is 15.1 Å². The van der Waals surface area contributed by atoms with E-state index in [1.54, 1.807) is 16.8 Å². The number of nitrogens with zero attached hydrogens (tertiary/aromatic N) is 2. The molecule has 0 bridgehead atoms. The number of amides is 1. The van der Waals surface area contributed by atoms with Crippen LogP contribution in [0, 0.1) is 5.82 Å². The summed E-state index contributed by atoms with van der Waals surface area (Å²) in [6.45, 7) is 9.32. The number of carbonyl (C=O) groups is 1. The van der Waals surface area contributed by atoms with Gasteiger partial charge in [0.25, 0.3) is 5.91 Å². The predicted molar refractivity (Wildman–Crippen MR) is 103 cm³/mol. The molecule has 27 heavy (non-hydrogen) atoms. The lowest BCUT2D eigenvalue weighted by Crippen LogP contribution is -2.33. The zero-order valence-electron chi connectivity index (χ0n) is 16.5. The molecular weight excluding hydrogens is 345 g/mol. The number of hydrogen-bond donors (Lipinski definition) is 1. The third kappa shape index (κ3) is 4.21. The van der Waals surface area contributed by atoms with Gasteiger partial charge in [-0.15, -0.1) is 0 Å². The maximum absolute atomic E-state index is 13.8. The van der Waals surface area contributed by atoms with Crippen LogP contribution < -0.4 is 5.32 Å². The van der Waals surface area contributed by atoms with Crippen molar-refractivity contribution in [3.63, 3.8) is 0 Å². The van der Waals surface area contributed by atoms with Crippen molar-refractivity contribution in [2.24, 2.45) is 0 Å². The Labute approximate surface area is 159 Å². The van der Waals surface area contributed by atoms with Gasteiger partial charge in [-0.2, -0.15) is 5.10 Å². The Bertz CT molecular complexity index is 808. The van der Waals surface area contributed by atoms with Crippen LogP contribution in [0.3, 0.4) is 0 Å². The van der Waals surface area contributed by atoms with Crippen LogP contribution >= 0.6 is 0 Å². The molecule has 1 aromatic heterocycles. The molecule has 1 aliphatic rings. The lowest BCUT2D eigenvalue weighted by atomic mass is 9.98. The molecule has 3 rings (SSSR count). The minimum Gasteiger partial charge on any atom is -0.376 e. The first-order valence-corrected chi connectivity index (χ1v) is 9.67. The molecule has 1 aliphatic heterocycles. The van der Waals surface area contributed by atoms with Gasteiger partial charge in [0, 0.05) is 13.2 Å². The van der Waals surface area contributed by atoms with E-state index in [1.165, 1.54) is 12.1 Å². The number of ether oxygens (including phenoxy) is 1. The zero-order valence-corrected chi connectivity index (χ0v) is 16.5. The smallest absolute Gasteiger partial charge is 0.255 e. The fourth-order valence-corrected chi connectivity index (χ4v) is 3.52. The third-order valence-corrected chi connectivity index (χ3v) is 4.84. The third-order valence-electron chi connectivity index (χ3n) is 4.84. The monoisotopic (exact) mass is 373 g/mol. The van der Waals surface area contributed by atoms with Crippen LogP contribution in [-0.2, 0) is 4.74 Å². The summed E-state index contributed by atoms with van der Waals surface area (Å²) >= 11 is 0. The SMILES string of the molecule is CC(C)c1nn(-c2cccc(F)c2)c(C(C)C)c1C(=O)NC[C@H]1CCCO1. The highest BCUT2D eigenvalue weighted by atomic mass is 19.1. The number of rotatable bonds is 6. The Hall–Kier alpha value is -2.21. The molecular formula is C21H28FN3O2. The highest BCUT2D eigenvalue weighted by molar-refractivity contribution is 5.97. The standard InChI is InChI=1S/C21H28FN3O2/c1-13(2)19-18(21(26)23-12-17-9-6-10-27-17)20(14(3)4)25(24-19)16-8-5-7-15(22)11-16/h5,7-8,11,13-14,17H,6,9-10,12H2,1-4H3,(H,23,26)/t17-/m1/s1. The van der Waals surface area contributed by atoms with Crippen LogP contribution in [0.5, 0.6) is 0 Å². The van der Waals surface area contributed by atoms with Crippen molar-refractivity contribution in [1.29, 1.82) is 0 Å². The highest BCUT2D eigenvalue weighted by Crippen LogP contribution is 2.30. The van der Waals surface area contributed by atoms with Crippen molar-refractivity contribution >= 4 is 5.91 Å².